The average Bonchev–Trinajstić information content (AvgIpc) is 2.79. The second-order valence-electron chi connectivity index (χ2n) is 10.4. The third kappa shape index (κ3) is 9.22. The van der Waals surface area contributed by atoms with Gasteiger partial charge in [0, 0.05) is 0 Å². The summed E-state index contributed by atoms with van der Waals surface area (Å²) in [5, 5.41) is 10.2. The highest BCUT2D eigenvalue weighted by Gasteiger charge is 2.53. The molecule has 0 aromatic heterocycles. The molecule has 1 amide bonds. The van der Waals surface area contributed by atoms with Crippen LogP contribution in [0.3, 0.4) is 0 Å². The van der Waals surface area contributed by atoms with E-state index in [0.717, 1.165) is 51.4 Å². The van der Waals surface area contributed by atoms with E-state index in [-0.39, 0.29) is 24.4 Å². The second kappa shape index (κ2) is 16.9. The number of hydrogen-bond donors (Lipinski definition) is 2. The largest absolute Gasteiger partial charge is 0.480 e. The summed E-state index contributed by atoms with van der Waals surface area (Å²) in [6.45, 7) is 6.26. The molecule has 6 heteroatoms. The van der Waals surface area contributed by atoms with Crippen molar-refractivity contribution < 1.29 is 24.2 Å². The Hall–Kier alpha value is -1.59. The summed E-state index contributed by atoms with van der Waals surface area (Å²) in [5.41, 5.74) is 4.16. The van der Waals surface area contributed by atoms with Crippen LogP contribution in [0.1, 0.15) is 136 Å². The van der Waals surface area contributed by atoms with Crippen molar-refractivity contribution in [2.75, 3.05) is 0 Å². The van der Waals surface area contributed by atoms with Gasteiger partial charge in [-0.1, -0.05) is 111 Å². The molecule has 1 aliphatic rings. The smallest absolute Gasteiger partial charge is 0.319 e. The molecular weight excluding hydrogens is 430 g/mol. The number of rotatable bonds is 22. The fraction of sp³-hybridized carbons (Fsp3) is 0.893. The lowest BCUT2D eigenvalue weighted by Crippen LogP contribution is -2.53. The first kappa shape index (κ1) is 30.4. The van der Waals surface area contributed by atoms with E-state index in [2.05, 4.69) is 13.8 Å². The topological polar surface area (TPSA) is 107 Å². The third-order valence-electron chi connectivity index (χ3n) is 7.72. The number of aliphatic carboxylic acids is 1. The SMILES string of the molecule is CCCCCCCCCCCC(C[C@@H]1OC(=O)[C@H]1CCCCCC)[C@](CCC)(C(N)=O)C(=O)O. The fourth-order valence-electron chi connectivity index (χ4n) is 5.56. The van der Waals surface area contributed by atoms with Gasteiger partial charge < -0.3 is 15.6 Å². The standard InChI is InChI=1S/C28H51NO5/c1-4-7-9-11-12-13-14-15-16-18-22(28(20-6-3,26(29)31)27(32)33)21-24-23(25(30)34-24)19-17-10-8-5-2/h22-24H,4-21H2,1-3H3,(H2,29,31)(H,32,33)/t22?,23-,24-,28+/m0/s1. The summed E-state index contributed by atoms with van der Waals surface area (Å²) in [6.07, 6.45) is 17.2. The van der Waals surface area contributed by atoms with Crippen molar-refractivity contribution in [3.63, 3.8) is 0 Å². The van der Waals surface area contributed by atoms with Crippen LogP contribution < -0.4 is 5.73 Å². The molecule has 0 aliphatic carbocycles. The molecule has 1 saturated heterocycles. The number of hydrogen-bond acceptors (Lipinski definition) is 4. The molecule has 3 N–H and O–H groups in total. The first-order valence-corrected chi connectivity index (χ1v) is 14.1. The average molecular weight is 482 g/mol. The molecule has 6 nitrogen and oxygen atoms in total. The Kier molecular flexibility index (Phi) is 15.2. The quantitative estimate of drug-likeness (QED) is 0.101. The summed E-state index contributed by atoms with van der Waals surface area (Å²) in [6, 6.07) is 0. The van der Waals surface area contributed by atoms with E-state index in [1.54, 1.807) is 0 Å². The Morgan fingerprint density at radius 2 is 1.41 bits per heavy atom. The van der Waals surface area contributed by atoms with Crippen LogP contribution in [0.25, 0.3) is 0 Å². The second-order valence-corrected chi connectivity index (χ2v) is 10.4. The van der Waals surface area contributed by atoms with Gasteiger partial charge in [-0.15, -0.1) is 0 Å². The monoisotopic (exact) mass is 481 g/mol. The molecule has 0 aromatic carbocycles. The van der Waals surface area contributed by atoms with Gasteiger partial charge in [0.1, 0.15) is 11.5 Å². The molecule has 0 aromatic rings. The van der Waals surface area contributed by atoms with Gasteiger partial charge in [0.05, 0.1) is 5.92 Å². The van der Waals surface area contributed by atoms with Crippen molar-refractivity contribution in [2.45, 2.75) is 142 Å². The minimum Gasteiger partial charge on any atom is -0.480 e. The molecule has 4 atom stereocenters. The van der Waals surface area contributed by atoms with Gasteiger partial charge in [-0.05, 0) is 31.6 Å². The normalized spacial score (nSPS) is 20.3. The maximum absolute atomic E-state index is 12.6. The predicted molar refractivity (Wildman–Crippen MR) is 136 cm³/mol. The zero-order valence-corrected chi connectivity index (χ0v) is 22.1. The molecule has 0 bridgehead atoms. The minimum absolute atomic E-state index is 0.177. The van der Waals surface area contributed by atoms with Crippen LogP contribution in [0, 0.1) is 17.3 Å². The number of esters is 1. The molecule has 1 unspecified atom stereocenters. The molecular formula is C28H51NO5. The van der Waals surface area contributed by atoms with Crippen molar-refractivity contribution in [1.82, 2.24) is 0 Å². The van der Waals surface area contributed by atoms with Crippen molar-refractivity contribution in [2.24, 2.45) is 23.0 Å². The highest BCUT2D eigenvalue weighted by molar-refractivity contribution is 6.01. The van der Waals surface area contributed by atoms with E-state index < -0.39 is 23.2 Å². The number of unbranched alkanes of at least 4 members (excludes halogenated alkanes) is 11. The zero-order valence-electron chi connectivity index (χ0n) is 22.1. The van der Waals surface area contributed by atoms with E-state index in [4.69, 9.17) is 10.5 Å². The number of cyclic esters (lactones) is 1. The van der Waals surface area contributed by atoms with Gasteiger partial charge >= 0.3 is 11.9 Å². The maximum atomic E-state index is 12.6. The van der Waals surface area contributed by atoms with E-state index in [9.17, 15) is 19.5 Å². The number of primary amides is 1. The van der Waals surface area contributed by atoms with Gasteiger partial charge in [-0.3, -0.25) is 14.4 Å². The van der Waals surface area contributed by atoms with E-state index in [1.165, 1.54) is 38.5 Å². The molecule has 1 aliphatic heterocycles. The van der Waals surface area contributed by atoms with Crippen LogP contribution in [0.4, 0.5) is 0 Å². The number of carbonyl (C=O) groups is 3. The molecule has 0 radical (unpaired) electrons. The van der Waals surface area contributed by atoms with Crippen molar-refractivity contribution in [3.05, 3.63) is 0 Å². The molecule has 1 heterocycles. The van der Waals surface area contributed by atoms with Crippen molar-refractivity contribution >= 4 is 17.8 Å². The zero-order chi connectivity index (χ0) is 25.4. The molecule has 0 spiro atoms. The molecule has 1 rings (SSSR count). The van der Waals surface area contributed by atoms with E-state index >= 15 is 0 Å². The number of ether oxygens (including phenoxy) is 1. The Labute approximate surface area is 207 Å². The molecule has 0 saturated carbocycles. The first-order valence-electron chi connectivity index (χ1n) is 14.1. The number of carboxylic acids is 1. The predicted octanol–water partition coefficient (Wildman–Crippen LogP) is 6.78. The van der Waals surface area contributed by atoms with E-state index in [1.807, 2.05) is 6.92 Å². The van der Waals surface area contributed by atoms with Gasteiger partial charge in [-0.2, -0.15) is 0 Å². The van der Waals surface area contributed by atoms with E-state index in [0.29, 0.717) is 19.3 Å². The summed E-state index contributed by atoms with van der Waals surface area (Å²) in [4.78, 5) is 37.1. The number of carbonyl (C=O) groups excluding carboxylic acids is 2. The number of amides is 1. The summed E-state index contributed by atoms with van der Waals surface area (Å²) >= 11 is 0. The Balaban J connectivity index is 2.77. The third-order valence-corrected chi connectivity index (χ3v) is 7.72. The van der Waals surface area contributed by atoms with Crippen LogP contribution in [0.15, 0.2) is 0 Å². The van der Waals surface area contributed by atoms with Gasteiger partial charge in [-0.25, -0.2) is 0 Å². The van der Waals surface area contributed by atoms with Crippen LogP contribution in [-0.4, -0.2) is 29.1 Å². The van der Waals surface area contributed by atoms with Crippen LogP contribution in [-0.2, 0) is 19.1 Å². The fourth-order valence-corrected chi connectivity index (χ4v) is 5.56. The molecule has 198 valence electrons. The Bertz CT molecular complexity index is 592. The first-order chi connectivity index (χ1) is 16.3. The van der Waals surface area contributed by atoms with Crippen LogP contribution >= 0.6 is 0 Å². The van der Waals surface area contributed by atoms with Crippen molar-refractivity contribution in [3.8, 4) is 0 Å². The van der Waals surface area contributed by atoms with Crippen LogP contribution in [0.2, 0.25) is 0 Å². The molecule has 34 heavy (non-hydrogen) atoms. The Morgan fingerprint density at radius 3 is 1.88 bits per heavy atom. The highest BCUT2D eigenvalue weighted by atomic mass is 16.6. The summed E-state index contributed by atoms with van der Waals surface area (Å²) in [5.74, 6) is -2.66. The van der Waals surface area contributed by atoms with Gasteiger partial charge in [0.25, 0.3) is 0 Å². The minimum atomic E-state index is -1.59. The van der Waals surface area contributed by atoms with Gasteiger partial charge in [0.2, 0.25) is 5.91 Å². The summed E-state index contributed by atoms with van der Waals surface area (Å²) < 4.78 is 5.48. The Morgan fingerprint density at radius 1 is 0.882 bits per heavy atom. The maximum Gasteiger partial charge on any atom is 0.319 e. The number of nitrogens with two attached hydrogens (primary N) is 1. The van der Waals surface area contributed by atoms with Crippen LogP contribution in [0.5, 0.6) is 0 Å². The van der Waals surface area contributed by atoms with Gasteiger partial charge in [0.15, 0.2) is 0 Å². The lowest BCUT2D eigenvalue weighted by molar-refractivity contribution is -0.189. The lowest BCUT2D eigenvalue weighted by Gasteiger charge is -2.41. The van der Waals surface area contributed by atoms with Crippen molar-refractivity contribution in [1.29, 1.82) is 0 Å². The highest BCUT2D eigenvalue weighted by Crippen LogP contribution is 2.43. The number of carboxylic acid groups (broad SMARTS) is 1. The summed E-state index contributed by atoms with van der Waals surface area (Å²) in [7, 11) is 0. The molecule has 1 fully saturated rings. The lowest BCUT2D eigenvalue weighted by atomic mass is 9.66.